The molecule has 2 aromatic carbocycles. The van der Waals surface area contributed by atoms with Gasteiger partial charge in [-0.15, -0.1) is 0 Å². The lowest BCUT2D eigenvalue weighted by Gasteiger charge is -2.11. The van der Waals surface area contributed by atoms with Gasteiger partial charge in [0.25, 0.3) is 0 Å². The van der Waals surface area contributed by atoms with Crippen LogP contribution in [-0.2, 0) is 19.1 Å². The monoisotopic (exact) mass is 468 g/mol. The number of allylic oxidation sites excluding steroid dienone is 2. The van der Waals surface area contributed by atoms with Gasteiger partial charge in [-0.05, 0) is 60.9 Å². The number of benzene rings is 2. The van der Waals surface area contributed by atoms with Crippen LogP contribution in [0.4, 0.5) is 0 Å². The first kappa shape index (κ1) is 26.2. The van der Waals surface area contributed by atoms with Crippen molar-refractivity contribution >= 4 is 29.7 Å². The molecule has 0 saturated heterocycles. The first-order valence-corrected chi connectivity index (χ1v) is 10.6. The molecule has 0 fully saturated rings. The Morgan fingerprint density at radius 1 is 0.853 bits per heavy atom. The molecule has 0 radical (unpaired) electrons. The maximum atomic E-state index is 12.9. The molecule has 8 heteroatoms. The van der Waals surface area contributed by atoms with Crippen LogP contribution in [0.1, 0.15) is 30.9 Å². The average Bonchev–Trinajstić information content (AvgIpc) is 2.83. The van der Waals surface area contributed by atoms with E-state index in [4.69, 9.17) is 14.2 Å². The third-order valence-electron chi connectivity index (χ3n) is 4.92. The molecular formula is C26H28O8. The van der Waals surface area contributed by atoms with Gasteiger partial charge in [0.15, 0.2) is 34.6 Å². The lowest BCUT2D eigenvalue weighted by molar-refractivity contribution is -0.143. The zero-order valence-electron chi connectivity index (χ0n) is 19.3. The highest BCUT2D eigenvalue weighted by atomic mass is 16.5. The van der Waals surface area contributed by atoms with E-state index in [-0.39, 0.29) is 42.4 Å². The Bertz CT molecular complexity index is 1010. The van der Waals surface area contributed by atoms with Crippen LogP contribution in [0.5, 0.6) is 23.0 Å². The highest BCUT2D eigenvalue weighted by Gasteiger charge is 2.24. The lowest BCUT2D eigenvalue weighted by atomic mass is 9.92. The number of phenolic OH excluding ortho intramolecular Hbond substituents is 2. The number of hydrogen-bond acceptors (Lipinski definition) is 8. The van der Waals surface area contributed by atoms with Crippen molar-refractivity contribution < 1.29 is 38.8 Å². The minimum absolute atomic E-state index is 0.0109. The van der Waals surface area contributed by atoms with E-state index in [1.54, 1.807) is 31.2 Å². The van der Waals surface area contributed by atoms with Crippen molar-refractivity contribution in [2.24, 2.45) is 5.92 Å². The Morgan fingerprint density at radius 3 is 1.74 bits per heavy atom. The number of rotatable bonds is 12. The normalized spacial score (nSPS) is 11.2. The first-order valence-electron chi connectivity index (χ1n) is 10.6. The van der Waals surface area contributed by atoms with Gasteiger partial charge < -0.3 is 24.4 Å². The van der Waals surface area contributed by atoms with E-state index in [1.807, 2.05) is 0 Å². The number of ketones is 2. The molecule has 0 saturated carbocycles. The molecule has 8 nitrogen and oxygen atoms in total. The molecule has 0 bridgehead atoms. The largest absolute Gasteiger partial charge is 0.504 e. The second-order valence-electron chi connectivity index (χ2n) is 7.23. The summed E-state index contributed by atoms with van der Waals surface area (Å²) in [6, 6.07) is 9.14. The van der Waals surface area contributed by atoms with Crippen molar-refractivity contribution in [1.82, 2.24) is 0 Å². The molecule has 0 unspecified atom stereocenters. The smallest absolute Gasteiger partial charge is 0.305 e. The minimum Gasteiger partial charge on any atom is -0.504 e. The van der Waals surface area contributed by atoms with Gasteiger partial charge >= 0.3 is 5.97 Å². The molecule has 2 N–H and O–H groups in total. The number of methoxy groups -OCH3 is 2. The second-order valence-corrected chi connectivity index (χ2v) is 7.23. The number of phenols is 2. The topological polar surface area (TPSA) is 119 Å². The van der Waals surface area contributed by atoms with Crippen molar-refractivity contribution in [2.45, 2.75) is 19.8 Å². The van der Waals surface area contributed by atoms with E-state index in [1.165, 1.54) is 50.7 Å². The molecule has 0 aliphatic carbocycles. The van der Waals surface area contributed by atoms with Crippen molar-refractivity contribution in [2.75, 3.05) is 20.8 Å². The Balaban J connectivity index is 2.22. The number of hydrogen-bond donors (Lipinski definition) is 2. The van der Waals surface area contributed by atoms with E-state index in [2.05, 4.69) is 0 Å². The fourth-order valence-corrected chi connectivity index (χ4v) is 3.10. The zero-order chi connectivity index (χ0) is 25.1. The van der Waals surface area contributed by atoms with Crippen molar-refractivity contribution in [3.8, 4) is 23.0 Å². The van der Waals surface area contributed by atoms with Gasteiger partial charge in [0.2, 0.25) is 0 Å². The molecule has 180 valence electrons. The van der Waals surface area contributed by atoms with E-state index in [0.29, 0.717) is 11.1 Å². The maximum Gasteiger partial charge on any atom is 0.305 e. The average molecular weight is 469 g/mol. The summed E-state index contributed by atoms with van der Waals surface area (Å²) >= 11 is 0. The van der Waals surface area contributed by atoms with Gasteiger partial charge in [-0.25, -0.2) is 0 Å². The van der Waals surface area contributed by atoms with E-state index >= 15 is 0 Å². The number of carbonyl (C=O) groups is 3. The van der Waals surface area contributed by atoms with Crippen LogP contribution in [0.2, 0.25) is 0 Å². The predicted octanol–water partition coefficient (Wildman–Crippen LogP) is 3.94. The highest BCUT2D eigenvalue weighted by molar-refractivity contribution is 6.13. The molecule has 0 amide bonds. The number of carbonyl (C=O) groups excluding carboxylic acids is 3. The summed E-state index contributed by atoms with van der Waals surface area (Å²) in [4.78, 5) is 37.6. The van der Waals surface area contributed by atoms with Crippen molar-refractivity contribution in [3.63, 3.8) is 0 Å². The van der Waals surface area contributed by atoms with Gasteiger partial charge in [0, 0.05) is 6.42 Å². The first-order chi connectivity index (χ1) is 16.3. The molecule has 0 spiro atoms. The SMILES string of the molecule is CCOC(=O)CCC(C(=O)/C=C/c1ccc(O)c(OC)c1)C(=O)/C=C/c1ccc(O)c(OC)c1. The van der Waals surface area contributed by atoms with Crippen LogP contribution in [0, 0.1) is 5.92 Å². The van der Waals surface area contributed by atoms with E-state index in [0.717, 1.165) is 0 Å². The molecular weight excluding hydrogens is 440 g/mol. The molecule has 0 heterocycles. The number of ether oxygens (including phenoxy) is 3. The molecule has 2 aromatic rings. The third kappa shape index (κ3) is 7.51. The van der Waals surface area contributed by atoms with Gasteiger partial charge in [-0.2, -0.15) is 0 Å². The standard InChI is InChI=1S/C26H28O8/c1-4-34-26(31)14-9-19(20(27)10-5-17-7-12-22(29)24(15-17)32-2)21(28)11-6-18-8-13-23(30)25(16-18)33-3/h5-8,10-13,15-16,19,29-30H,4,9,14H2,1-3H3/b10-5+,11-6+. The summed E-state index contributed by atoms with van der Waals surface area (Å²) in [5.74, 6) is -2.12. The fourth-order valence-electron chi connectivity index (χ4n) is 3.10. The van der Waals surface area contributed by atoms with Gasteiger partial charge in [0.1, 0.15) is 0 Å². The van der Waals surface area contributed by atoms with Crippen LogP contribution in [0.3, 0.4) is 0 Å². The van der Waals surface area contributed by atoms with E-state index in [9.17, 15) is 24.6 Å². The highest BCUT2D eigenvalue weighted by Crippen LogP contribution is 2.28. The van der Waals surface area contributed by atoms with Gasteiger partial charge in [-0.3, -0.25) is 14.4 Å². The lowest BCUT2D eigenvalue weighted by Crippen LogP contribution is -2.22. The minimum atomic E-state index is -1.09. The molecule has 34 heavy (non-hydrogen) atoms. The third-order valence-corrected chi connectivity index (χ3v) is 4.92. The Labute approximate surface area is 198 Å². The van der Waals surface area contributed by atoms with E-state index < -0.39 is 23.5 Å². The summed E-state index contributed by atoms with van der Waals surface area (Å²) in [6.45, 7) is 1.88. The summed E-state index contributed by atoms with van der Waals surface area (Å²) < 4.78 is 15.0. The Kier molecular flexibility index (Phi) is 9.89. The second kappa shape index (κ2) is 12.8. The molecule has 0 aromatic heterocycles. The summed E-state index contributed by atoms with van der Waals surface area (Å²) in [6.07, 6.45) is 5.43. The Hall–Kier alpha value is -4.07. The van der Waals surface area contributed by atoms with Crippen molar-refractivity contribution in [1.29, 1.82) is 0 Å². The summed E-state index contributed by atoms with van der Waals surface area (Å²) in [7, 11) is 2.82. The van der Waals surface area contributed by atoms with Crippen LogP contribution in [-0.4, -0.2) is 48.6 Å². The fraction of sp³-hybridized carbons (Fsp3) is 0.269. The molecule has 2 rings (SSSR count). The Morgan fingerprint density at radius 2 is 1.32 bits per heavy atom. The summed E-state index contributed by atoms with van der Waals surface area (Å²) in [5, 5.41) is 19.4. The summed E-state index contributed by atoms with van der Waals surface area (Å²) in [5.41, 5.74) is 1.18. The van der Waals surface area contributed by atoms with Crippen LogP contribution in [0.15, 0.2) is 48.6 Å². The van der Waals surface area contributed by atoms with Crippen molar-refractivity contribution in [3.05, 3.63) is 59.7 Å². The van der Waals surface area contributed by atoms with Crippen LogP contribution >= 0.6 is 0 Å². The van der Waals surface area contributed by atoms with Gasteiger partial charge in [-0.1, -0.05) is 24.3 Å². The molecule has 0 aliphatic heterocycles. The predicted molar refractivity (Wildman–Crippen MR) is 127 cm³/mol. The zero-order valence-corrected chi connectivity index (χ0v) is 19.3. The van der Waals surface area contributed by atoms with Gasteiger partial charge in [0.05, 0.1) is 26.7 Å². The van der Waals surface area contributed by atoms with Crippen LogP contribution in [0.25, 0.3) is 12.2 Å². The quantitative estimate of drug-likeness (QED) is 0.273. The molecule has 0 aliphatic rings. The maximum absolute atomic E-state index is 12.9. The number of esters is 1. The number of aromatic hydroxyl groups is 2. The molecule has 0 atom stereocenters. The van der Waals surface area contributed by atoms with Crippen LogP contribution < -0.4 is 9.47 Å².